The Balaban J connectivity index is 3.76. The van der Waals surface area contributed by atoms with Crippen LogP contribution in [0.3, 0.4) is 0 Å². The minimum atomic E-state index is -0.0325. The summed E-state index contributed by atoms with van der Waals surface area (Å²) >= 11 is 0. The van der Waals surface area contributed by atoms with E-state index < -0.39 is 0 Å². The molecular weight excluding hydrogens is 152 g/mol. The average Bonchev–Trinajstić information content (AvgIpc) is 2.10. The van der Waals surface area contributed by atoms with E-state index in [1.165, 1.54) is 0 Å². The van der Waals surface area contributed by atoms with Crippen molar-refractivity contribution in [2.24, 2.45) is 11.7 Å². The Labute approximate surface area is 74.0 Å². The second-order valence-corrected chi connectivity index (χ2v) is 2.76. The molecule has 0 bridgehead atoms. The highest BCUT2D eigenvalue weighted by Crippen LogP contribution is 2.03. The van der Waals surface area contributed by atoms with E-state index >= 15 is 0 Å². The Morgan fingerprint density at radius 1 is 1.75 bits per heavy atom. The number of nitrogens with two attached hydrogens (primary N) is 1. The average molecular weight is 170 g/mol. The highest BCUT2D eigenvalue weighted by Gasteiger charge is 2.13. The molecule has 0 saturated carbocycles. The van der Waals surface area contributed by atoms with Gasteiger partial charge in [-0.15, -0.1) is 6.58 Å². The molecule has 0 saturated heterocycles. The summed E-state index contributed by atoms with van der Waals surface area (Å²) in [5, 5.41) is 2.73. The molecule has 0 fully saturated rings. The van der Waals surface area contributed by atoms with Gasteiger partial charge in [0.25, 0.3) is 0 Å². The van der Waals surface area contributed by atoms with Gasteiger partial charge in [0.2, 0.25) is 5.91 Å². The van der Waals surface area contributed by atoms with Gasteiger partial charge in [0.05, 0.1) is 5.92 Å². The second kappa shape index (κ2) is 6.85. The van der Waals surface area contributed by atoms with Crippen LogP contribution < -0.4 is 11.1 Å². The van der Waals surface area contributed by atoms with Crippen LogP contribution in [-0.2, 0) is 4.79 Å². The van der Waals surface area contributed by atoms with Crippen molar-refractivity contribution in [3.8, 4) is 0 Å². The Bertz CT molecular complexity index is 145. The van der Waals surface area contributed by atoms with E-state index in [1.54, 1.807) is 6.08 Å². The zero-order valence-corrected chi connectivity index (χ0v) is 7.68. The van der Waals surface area contributed by atoms with Crippen LogP contribution in [-0.4, -0.2) is 19.0 Å². The van der Waals surface area contributed by atoms with Crippen molar-refractivity contribution in [1.29, 1.82) is 0 Å². The number of hydrogen-bond donors (Lipinski definition) is 2. The lowest BCUT2D eigenvalue weighted by Crippen LogP contribution is -2.34. The molecule has 0 heterocycles. The molecule has 1 atom stereocenters. The molecule has 0 aromatic carbocycles. The van der Waals surface area contributed by atoms with Gasteiger partial charge in [-0.25, -0.2) is 0 Å². The molecule has 0 spiro atoms. The number of hydrogen-bond acceptors (Lipinski definition) is 2. The minimum Gasteiger partial charge on any atom is -0.352 e. The number of nitrogens with one attached hydrogen (secondary N) is 1. The summed E-state index contributed by atoms with van der Waals surface area (Å²) in [5.41, 5.74) is 5.44. The summed E-state index contributed by atoms with van der Waals surface area (Å²) in [4.78, 5) is 11.3. The molecule has 1 unspecified atom stereocenters. The Kier molecular flexibility index (Phi) is 6.38. The van der Waals surface area contributed by atoms with E-state index in [1.807, 2.05) is 6.92 Å². The van der Waals surface area contributed by atoms with Crippen molar-refractivity contribution in [3.05, 3.63) is 12.7 Å². The van der Waals surface area contributed by atoms with Crippen molar-refractivity contribution in [2.75, 3.05) is 13.1 Å². The van der Waals surface area contributed by atoms with E-state index in [0.29, 0.717) is 13.1 Å². The number of carbonyl (C=O) groups excluding carboxylic acids is 1. The van der Waals surface area contributed by atoms with E-state index in [4.69, 9.17) is 5.73 Å². The topological polar surface area (TPSA) is 55.1 Å². The fourth-order valence-electron chi connectivity index (χ4n) is 1.02. The third kappa shape index (κ3) is 4.13. The largest absolute Gasteiger partial charge is 0.352 e. The predicted molar refractivity (Wildman–Crippen MR) is 50.7 cm³/mol. The molecule has 3 N–H and O–H groups in total. The zero-order chi connectivity index (χ0) is 9.40. The quantitative estimate of drug-likeness (QED) is 0.575. The zero-order valence-electron chi connectivity index (χ0n) is 7.68. The van der Waals surface area contributed by atoms with Crippen molar-refractivity contribution in [1.82, 2.24) is 5.32 Å². The molecule has 0 radical (unpaired) electrons. The molecule has 12 heavy (non-hydrogen) atoms. The molecule has 0 aliphatic heterocycles. The lowest BCUT2D eigenvalue weighted by molar-refractivity contribution is -0.124. The van der Waals surface area contributed by atoms with Crippen molar-refractivity contribution < 1.29 is 4.79 Å². The van der Waals surface area contributed by atoms with Gasteiger partial charge in [0.1, 0.15) is 0 Å². The van der Waals surface area contributed by atoms with Crippen molar-refractivity contribution in [3.63, 3.8) is 0 Å². The van der Waals surface area contributed by atoms with E-state index in [2.05, 4.69) is 11.9 Å². The summed E-state index contributed by atoms with van der Waals surface area (Å²) in [6.07, 6.45) is 3.51. The molecule has 0 aromatic rings. The van der Waals surface area contributed by atoms with E-state index in [9.17, 15) is 4.79 Å². The normalized spacial score (nSPS) is 12.2. The van der Waals surface area contributed by atoms with Gasteiger partial charge in [-0.05, 0) is 6.42 Å². The van der Waals surface area contributed by atoms with Crippen molar-refractivity contribution >= 4 is 5.91 Å². The minimum absolute atomic E-state index is 0.0325. The van der Waals surface area contributed by atoms with Gasteiger partial charge in [-0.3, -0.25) is 4.79 Å². The molecular formula is C9H18N2O. The molecule has 3 nitrogen and oxygen atoms in total. The first-order chi connectivity index (χ1) is 5.76. The molecule has 3 heteroatoms. The summed E-state index contributed by atoms with van der Waals surface area (Å²) in [5.74, 6) is 0.00852. The monoisotopic (exact) mass is 170 g/mol. The van der Waals surface area contributed by atoms with Crippen LogP contribution in [0.25, 0.3) is 0 Å². The van der Waals surface area contributed by atoms with Crippen LogP contribution in [0.4, 0.5) is 0 Å². The van der Waals surface area contributed by atoms with Crippen LogP contribution in [0.2, 0.25) is 0 Å². The van der Waals surface area contributed by atoms with Crippen LogP contribution in [0.1, 0.15) is 19.8 Å². The molecule has 0 aromatic heterocycles. The molecule has 0 aliphatic carbocycles. The van der Waals surface area contributed by atoms with E-state index in [-0.39, 0.29) is 11.8 Å². The summed E-state index contributed by atoms with van der Waals surface area (Å²) in [6.45, 7) is 6.52. The molecule has 70 valence electrons. The maximum absolute atomic E-state index is 11.3. The first-order valence-corrected chi connectivity index (χ1v) is 4.34. The first-order valence-electron chi connectivity index (χ1n) is 4.34. The third-order valence-corrected chi connectivity index (χ3v) is 1.71. The lowest BCUT2D eigenvalue weighted by atomic mass is 10.0. The lowest BCUT2D eigenvalue weighted by Gasteiger charge is -2.12. The van der Waals surface area contributed by atoms with E-state index in [0.717, 1.165) is 12.8 Å². The first kappa shape index (κ1) is 11.2. The molecule has 0 rings (SSSR count). The maximum Gasteiger partial charge on any atom is 0.224 e. The second-order valence-electron chi connectivity index (χ2n) is 2.76. The van der Waals surface area contributed by atoms with Crippen LogP contribution in [0, 0.1) is 5.92 Å². The van der Waals surface area contributed by atoms with Gasteiger partial charge in [0.15, 0.2) is 0 Å². The summed E-state index contributed by atoms with van der Waals surface area (Å²) < 4.78 is 0. The van der Waals surface area contributed by atoms with Gasteiger partial charge >= 0.3 is 0 Å². The standard InChI is InChI=1S/C9H18N2O/c1-3-5-8(7-10)9(12)11-6-4-2/h4,8H,2-3,5-7,10H2,1H3,(H,11,12). The fraction of sp³-hybridized carbons (Fsp3) is 0.667. The summed E-state index contributed by atoms with van der Waals surface area (Å²) in [7, 11) is 0. The maximum atomic E-state index is 11.3. The Morgan fingerprint density at radius 2 is 2.42 bits per heavy atom. The summed E-state index contributed by atoms with van der Waals surface area (Å²) in [6, 6.07) is 0. The SMILES string of the molecule is C=CCNC(=O)C(CN)CCC. The highest BCUT2D eigenvalue weighted by atomic mass is 16.1. The van der Waals surface area contributed by atoms with Crippen LogP contribution in [0.5, 0.6) is 0 Å². The van der Waals surface area contributed by atoms with Crippen molar-refractivity contribution in [2.45, 2.75) is 19.8 Å². The van der Waals surface area contributed by atoms with Crippen LogP contribution in [0.15, 0.2) is 12.7 Å². The fourth-order valence-corrected chi connectivity index (χ4v) is 1.02. The highest BCUT2D eigenvalue weighted by molar-refractivity contribution is 5.78. The smallest absolute Gasteiger partial charge is 0.224 e. The third-order valence-electron chi connectivity index (χ3n) is 1.71. The molecule has 0 aliphatic rings. The number of rotatable bonds is 6. The van der Waals surface area contributed by atoms with Gasteiger partial charge in [-0.2, -0.15) is 0 Å². The number of carbonyl (C=O) groups is 1. The predicted octanol–water partition coefficient (Wildman–Crippen LogP) is 0.664. The molecule has 1 amide bonds. The van der Waals surface area contributed by atoms with Crippen LogP contribution >= 0.6 is 0 Å². The van der Waals surface area contributed by atoms with Gasteiger partial charge in [-0.1, -0.05) is 19.4 Å². The van der Waals surface area contributed by atoms with Gasteiger partial charge in [0, 0.05) is 13.1 Å². The number of amides is 1. The Hall–Kier alpha value is -0.830. The van der Waals surface area contributed by atoms with Gasteiger partial charge < -0.3 is 11.1 Å². The Morgan fingerprint density at radius 3 is 2.83 bits per heavy atom.